The van der Waals surface area contributed by atoms with Crippen LogP contribution in [0.2, 0.25) is 0 Å². The van der Waals surface area contributed by atoms with Gasteiger partial charge >= 0.3 is 0 Å². The lowest BCUT2D eigenvalue weighted by atomic mass is 10.1. The van der Waals surface area contributed by atoms with Crippen LogP contribution in [0.3, 0.4) is 0 Å². The third-order valence-electron chi connectivity index (χ3n) is 5.64. The number of carbonyl (C=O) groups excluding carboxylic acids is 2. The first-order valence-electron chi connectivity index (χ1n) is 11.8. The van der Waals surface area contributed by atoms with E-state index in [2.05, 4.69) is 42.4 Å². The Kier molecular flexibility index (Phi) is 9.17. The molecule has 2 heterocycles. The average Bonchev–Trinajstić information content (AvgIpc) is 2.91. The Morgan fingerprint density at radius 3 is 2.53 bits per heavy atom. The zero-order valence-electron chi connectivity index (χ0n) is 22.2. The second kappa shape index (κ2) is 12.5. The monoisotopic (exact) mass is 519 g/mol. The highest BCUT2D eigenvalue weighted by atomic mass is 16.5. The molecule has 0 aliphatic heterocycles. The van der Waals surface area contributed by atoms with Gasteiger partial charge < -0.3 is 36.2 Å². The molecule has 2 amide bonds. The van der Waals surface area contributed by atoms with Gasteiger partial charge in [-0.15, -0.1) is 0 Å². The van der Waals surface area contributed by atoms with Gasteiger partial charge in [0.15, 0.2) is 0 Å². The van der Waals surface area contributed by atoms with Crippen molar-refractivity contribution in [2.75, 3.05) is 69.2 Å². The summed E-state index contributed by atoms with van der Waals surface area (Å²) in [6.07, 6.45) is 4.38. The molecule has 3 rings (SSSR count). The number of carbonyl (C=O) groups is 2. The molecule has 0 saturated heterocycles. The van der Waals surface area contributed by atoms with Gasteiger partial charge in [0.05, 0.1) is 35.4 Å². The van der Waals surface area contributed by atoms with Crippen molar-refractivity contribution in [3.05, 3.63) is 54.9 Å². The minimum atomic E-state index is -0.606. The predicted molar refractivity (Wildman–Crippen MR) is 150 cm³/mol. The second-order valence-electron chi connectivity index (χ2n) is 8.61. The van der Waals surface area contributed by atoms with E-state index in [-0.39, 0.29) is 17.4 Å². The number of likely N-dealkylation sites (N-methyl/N-ethyl adjacent to an activating group) is 2. The SMILES string of the molecule is C=CC(=O)Nc1cc(Nc2nccc(-c3cnc(NC)c(C(N)=O)c3)n2)c(OC)cc1N(C)CCN(C)C. The molecule has 200 valence electrons. The Morgan fingerprint density at radius 2 is 1.89 bits per heavy atom. The molecule has 3 aromatic rings. The van der Waals surface area contributed by atoms with Crippen molar-refractivity contribution in [3.8, 4) is 17.0 Å². The van der Waals surface area contributed by atoms with E-state index in [9.17, 15) is 9.59 Å². The van der Waals surface area contributed by atoms with Crippen molar-refractivity contribution < 1.29 is 14.3 Å². The molecule has 0 atom stereocenters. The maximum absolute atomic E-state index is 12.2. The normalized spacial score (nSPS) is 10.6. The molecule has 12 heteroatoms. The van der Waals surface area contributed by atoms with E-state index in [1.807, 2.05) is 32.1 Å². The standard InChI is InChI=1S/C26H33N9O3/c1-7-23(36)31-19-13-20(22(38-6)14-21(19)35(5)11-10-34(3)4)33-26-29-9-8-18(32-26)16-12-17(24(27)37)25(28-2)30-15-16/h7-9,12-15H,1,10-11H2,2-6H3,(H2,27,37)(H,28,30)(H,31,36)(H,29,32,33). The zero-order chi connectivity index (χ0) is 27.8. The highest BCUT2D eigenvalue weighted by Crippen LogP contribution is 2.38. The van der Waals surface area contributed by atoms with E-state index in [1.165, 1.54) is 6.08 Å². The van der Waals surface area contributed by atoms with Gasteiger partial charge in [-0.25, -0.2) is 15.0 Å². The van der Waals surface area contributed by atoms with E-state index < -0.39 is 5.91 Å². The summed E-state index contributed by atoms with van der Waals surface area (Å²) >= 11 is 0. The van der Waals surface area contributed by atoms with Crippen LogP contribution in [0.25, 0.3) is 11.3 Å². The number of pyridine rings is 1. The zero-order valence-corrected chi connectivity index (χ0v) is 22.2. The Bertz CT molecular complexity index is 1330. The fourth-order valence-corrected chi connectivity index (χ4v) is 3.60. The van der Waals surface area contributed by atoms with Crippen LogP contribution in [0.5, 0.6) is 5.75 Å². The summed E-state index contributed by atoms with van der Waals surface area (Å²) in [6, 6.07) is 6.91. The van der Waals surface area contributed by atoms with Crippen LogP contribution < -0.4 is 31.3 Å². The van der Waals surface area contributed by atoms with Crippen molar-refractivity contribution >= 4 is 40.6 Å². The van der Waals surface area contributed by atoms with Gasteiger partial charge in [-0.05, 0) is 38.4 Å². The number of hydrogen-bond donors (Lipinski definition) is 4. The molecule has 12 nitrogen and oxygen atoms in total. The number of methoxy groups -OCH3 is 1. The molecule has 0 unspecified atom stereocenters. The number of primary amides is 1. The molecule has 0 spiro atoms. The average molecular weight is 520 g/mol. The van der Waals surface area contributed by atoms with Gasteiger partial charge in [-0.3, -0.25) is 9.59 Å². The van der Waals surface area contributed by atoms with Gasteiger partial charge in [0.25, 0.3) is 5.91 Å². The maximum Gasteiger partial charge on any atom is 0.252 e. The highest BCUT2D eigenvalue weighted by Gasteiger charge is 2.17. The minimum Gasteiger partial charge on any atom is -0.494 e. The van der Waals surface area contributed by atoms with Gasteiger partial charge in [0.2, 0.25) is 11.9 Å². The summed E-state index contributed by atoms with van der Waals surface area (Å²) in [5.74, 6) is 0.227. The molecule has 0 aliphatic carbocycles. The van der Waals surface area contributed by atoms with Crippen molar-refractivity contribution in [1.82, 2.24) is 19.9 Å². The minimum absolute atomic E-state index is 0.247. The Balaban J connectivity index is 1.99. The number of amides is 2. The quantitative estimate of drug-likeness (QED) is 0.263. The van der Waals surface area contributed by atoms with E-state index >= 15 is 0 Å². The Labute approximate surface area is 221 Å². The summed E-state index contributed by atoms with van der Waals surface area (Å²) in [4.78, 5) is 41.3. The van der Waals surface area contributed by atoms with Crippen LogP contribution in [0.15, 0.2) is 49.3 Å². The fraction of sp³-hybridized carbons (Fsp3) is 0.269. The number of hydrogen-bond acceptors (Lipinski definition) is 10. The molecule has 38 heavy (non-hydrogen) atoms. The third kappa shape index (κ3) is 6.73. The van der Waals surface area contributed by atoms with Gasteiger partial charge in [-0.2, -0.15) is 0 Å². The lowest BCUT2D eigenvalue weighted by molar-refractivity contribution is -0.111. The van der Waals surface area contributed by atoms with Gasteiger partial charge in [0.1, 0.15) is 11.6 Å². The molecule has 1 aromatic carbocycles. The van der Waals surface area contributed by atoms with Crippen LogP contribution in [0.1, 0.15) is 10.4 Å². The van der Waals surface area contributed by atoms with Crippen LogP contribution in [-0.2, 0) is 4.79 Å². The third-order valence-corrected chi connectivity index (χ3v) is 5.64. The van der Waals surface area contributed by atoms with Crippen molar-refractivity contribution in [3.63, 3.8) is 0 Å². The van der Waals surface area contributed by atoms with Crippen molar-refractivity contribution in [1.29, 1.82) is 0 Å². The Hall–Kier alpha value is -4.71. The molecule has 5 N–H and O–H groups in total. The van der Waals surface area contributed by atoms with E-state index in [4.69, 9.17) is 10.5 Å². The van der Waals surface area contributed by atoms with Crippen LogP contribution in [0.4, 0.5) is 28.8 Å². The van der Waals surface area contributed by atoms with E-state index in [1.54, 1.807) is 44.8 Å². The number of nitrogens with one attached hydrogen (secondary N) is 3. The maximum atomic E-state index is 12.2. The molecular weight excluding hydrogens is 486 g/mol. The van der Waals surface area contributed by atoms with E-state index in [0.717, 1.165) is 18.8 Å². The fourth-order valence-electron chi connectivity index (χ4n) is 3.60. The largest absolute Gasteiger partial charge is 0.494 e. The topological polar surface area (TPSA) is 151 Å². The molecule has 0 fully saturated rings. The molecule has 0 saturated carbocycles. The molecule has 0 aliphatic rings. The summed E-state index contributed by atoms with van der Waals surface area (Å²) in [5, 5.41) is 8.88. The van der Waals surface area contributed by atoms with Crippen molar-refractivity contribution in [2.45, 2.75) is 0 Å². The van der Waals surface area contributed by atoms with Gasteiger partial charge in [0, 0.05) is 51.2 Å². The second-order valence-corrected chi connectivity index (χ2v) is 8.61. The number of nitrogens with zero attached hydrogens (tertiary/aromatic N) is 5. The number of benzene rings is 1. The molecular formula is C26H33N9O3. The number of nitrogens with two attached hydrogens (primary N) is 1. The summed E-state index contributed by atoms with van der Waals surface area (Å²) in [6.45, 7) is 5.09. The number of ether oxygens (including phenoxy) is 1. The van der Waals surface area contributed by atoms with Gasteiger partial charge in [-0.1, -0.05) is 6.58 Å². The first-order valence-corrected chi connectivity index (χ1v) is 11.8. The number of aromatic nitrogens is 3. The van der Waals surface area contributed by atoms with Crippen LogP contribution in [-0.4, -0.2) is 80.1 Å². The van der Waals surface area contributed by atoms with E-state index in [0.29, 0.717) is 34.2 Å². The smallest absolute Gasteiger partial charge is 0.252 e. The van der Waals surface area contributed by atoms with Crippen LogP contribution >= 0.6 is 0 Å². The number of rotatable bonds is 12. The highest BCUT2D eigenvalue weighted by molar-refractivity contribution is 6.02. The molecule has 0 bridgehead atoms. The first kappa shape index (κ1) is 27.9. The predicted octanol–water partition coefficient (Wildman–Crippen LogP) is 2.55. The summed E-state index contributed by atoms with van der Waals surface area (Å²) in [5.41, 5.74) is 8.74. The first-order chi connectivity index (χ1) is 18.2. The Morgan fingerprint density at radius 1 is 1.13 bits per heavy atom. The lowest BCUT2D eigenvalue weighted by Gasteiger charge is -2.26. The lowest BCUT2D eigenvalue weighted by Crippen LogP contribution is -2.29. The number of anilines is 5. The van der Waals surface area contributed by atoms with Crippen molar-refractivity contribution in [2.24, 2.45) is 5.73 Å². The summed E-state index contributed by atoms with van der Waals surface area (Å²) in [7, 11) is 9.15. The van der Waals surface area contributed by atoms with Crippen LogP contribution in [0, 0.1) is 0 Å². The molecule has 0 radical (unpaired) electrons. The summed E-state index contributed by atoms with van der Waals surface area (Å²) < 4.78 is 5.65. The molecule has 2 aromatic heterocycles.